The van der Waals surface area contributed by atoms with E-state index in [1.165, 1.54) is 23.9 Å². The van der Waals surface area contributed by atoms with Gasteiger partial charge in [0.25, 0.3) is 0 Å². The summed E-state index contributed by atoms with van der Waals surface area (Å²) in [5.74, 6) is 0.505. The second-order valence-corrected chi connectivity index (χ2v) is 9.38. The van der Waals surface area contributed by atoms with Crippen LogP contribution in [0.4, 0.5) is 4.39 Å². The lowest BCUT2D eigenvalue weighted by Gasteiger charge is -2.20. The molecule has 0 fully saturated rings. The van der Waals surface area contributed by atoms with E-state index in [4.69, 9.17) is 0 Å². The van der Waals surface area contributed by atoms with Gasteiger partial charge in [-0.3, -0.25) is 14.3 Å². The number of nitrogens with zero attached hydrogens (tertiary/aromatic N) is 4. The summed E-state index contributed by atoms with van der Waals surface area (Å²) in [6.07, 6.45) is 0. The van der Waals surface area contributed by atoms with E-state index in [2.05, 4.69) is 33.7 Å². The van der Waals surface area contributed by atoms with Crippen molar-refractivity contribution in [2.75, 3.05) is 19.8 Å². The van der Waals surface area contributed by atoms with Crippen LogP contribution in [0.3, 0.4) is 0 Å². The van der Waals surface area contributed by atoms with Crippen molar-refractivity contribution in [1.82, 2.24) is 25.0 Å². The van der Waals surface area contributed by atoms with Gasteiger partial charge in [0.15, 0.2) is 11.0 Å². The molecule has 0 aliphatic heterocycles. The average molecular weight is 478 g/mol. The van der Waals surface area contributed by atoms with Crippen LogP contribution in [-0.2, 0) is 4.79 Å². The van der Waals surface area contributed by atoms with Crippen LogP contribution in [0.15, 0.2) is 71.9 Å². The highest BCUT2D eigenvalue weighted by Gasteiger charge is 2.22. The first kappa shape index (κ1) is 23.9. The molecule has 0 bridgehead atoms. The number of carbonyl (C=O) groups is 1. The lowest BCUT2D eigenvalue weighted by molar-refractivity contribution is -0.119. The minimum absolute atomic E-state index is 0.0212. The Morgan fingerprint density at radius 3 is 2.47 bits per heavy atom. The number of thioether (sulfide) groups is 1. The lowest BCUT2D eigenvalue weighted by Crippen LogP contribution is -2.28. The first-order valence-corrected chi connectivity index (χ1v) is 12.1. The average Bonchev–Trinajstić information content (AvgIpc) is 3.26. The molecular weight excluding hydrogens is 449 g/mol. The third-order valence-corrected chi connectivity index (χ3v) is 6.82. The Morgan fingerprint density at radius 2 is 1.74 bits per heavy atom. The van der Waals surface area contributed by atoms with Crippen molar-refractivity contribution in [1.29, 1.82) is 0 Å². The number of hydrogen-bond donors (Lipinski definition) is 1. The third kappa shape index (κ3) is 5.13. The smallest absolute Gasteiger partial charge is 0.230 e. The molecule has 3 aromatic carbocycles. The van der Waals surface area contributed by atoms with Gasteiger partial charge in [-0.2, -0.15) is 0 Å². The van der Waals surface area contributed by atoms with Crippen molar-refractivity contribution < 1.29 is 9.18 Å². The largest absolute Gasteiger partial charge is 0.349 e. The molecule has 1 heterocycles. The number of aromatic nitrogens is 3. The molecule has 0 unspecified atom stereocenters. The molecule has 0 spiro atoms. The Balaban J connectivity index is 1.51. The predicted octanol–water partition coefficient (Wildman–Crippen LogP) is 5.15. The highest BCUT2D eigenvalue weighted by Crippen LogP contribution is 2.28. The number of halogens is 1. The standard InChI is InChI=1S/C26H28FN5OS/c1-17(22-11-7-9-19-8-5-6-10-23(19)22)28-24(33)16-34-26-30-29-25(18(2)31(3)4)32(26)21-14-12-20(27)13-15-21/h5-15,17-18H,16H2,1-4H3,(H,28,33)/t17-,18-/m0/s1. The van der Waals surface area contributed by atoms with Crippen LogP contribution in [0.5, 0.6) is 0 Å². The minimum Gasteiger partial charge on any atom is -0.349 e. The topological polar surface area (TPSA) is 63.1 Å². The highest BCUT2D eigenvalue weighted by atomic mass is 32.2. The Bertz CT molecular complexity index is 1280. The fraction of sp³-hybridized carbons (Fsp3) is 0.269. The number of carbonyl (C=O) groups excluding carboxylic acids is 1. The van der Waals surface area contributed by atoms with Crippen molar-refractivity contribution in [3.05, 3.63) is 83.9 Å². The summed E-state index contributed by atoms with van der Waals surface area (Å²) >= 11 is 1.31. The maximum Gasteiger partial charge on any atom is 0.230 e. The fourth-order valence-electron chi connectivity index (χ4n) is 3.83. The second-order valence-electron chi connectivity index (χ2n) is 8.44. The molecule has 8 heteroatoms. The summed E-state index contributed by atoms with van der Waals surface area (Å²) in [6.45, 7) is 4.01. The number of rotatable bonds is 8. The summed E-state index contributed by atoms with van der Waals surface area (Å²) in [4.78, 5) is 14.9. The first-order valence-electron chi connectivity index (χ1n) is 11.1. The lowest BCUT2D eigenvalue weighted by atomic mass is 10.00. The molecule has 1 aromatic heterocycles. The Labute approximate surface area is 203 Å². The molecular formula is C26H28FN5OS. The predicted molar refractivity (Wildman–Crippen MR) is 135 cm³/mol. The SMILES string of the molecule is C[C@H](NC(=O)CSc1nnc([C@H](C)N(C)C)n1-c1ccc(F)cc1)c1cccc2ccccc12. The fourth-order valence-corrected chi connectivity index (χ4v) is 4.60. The zero-order valence-corrected chi connectivity index (χ0v) is 20.5. The van der Waals surface area contributed by atoms with Gasteiger partial charge < -0.3 is 5.32 Å². The number of amides is 1. The Kier molecular flexibility index (Phi) is 7.29. The number of fused-ring (bicyclic) bond motifs is 1. The van der Waals surface area contributed by atoms with Gasteiger partial charge in [-0.05, 0) is 68.5 Å². The number of hydrogen-bond acceptors (Lipinski definition) is 5. The molecule has 4 aromatic rings. The molecule has 1 N–H and O–H groups in total. The van der Waals surface area contributed by atoms with Gasteiger partial charge in [0.2, 0.25) is 5.91 Å². The normalized spacial score (nSPS) is 13.2. The van der Waals surface area contributed by atoms with Gasteiger partial charge >= 0.3 is 0 Å². The first-order chi connectivity index (χ1) is 16.3. The van der Waals surface area contributed by atoms with Gasteiger partial charge in [0, 0.05) is 5.69 Å². The van der Waals surface area contributed by atoms with E-state index in [1.54, 1.807) is 12.1 Å². The molecule has 1 amide bonds. The molecule has 6 nitrogen and oxygen atoms in total. The number of benzene rings is 3. The third-order valence-electron chi connectivity index (χ3n) is 5.89. The number of nitrogens with one attached hydrogen (secondary N) is 1. The van der Waals surface area contributed by atoms with Crippen LogP contribution in [-0.4, -0.2) is 45.4 Å². The van der Waals surface area contributed by atoms with Crippen molar-refractivity contribution >= 4 is 28.4 Å². The van der Waals surface area contributed by atoms with Crippen LogP contribution < -0.4 is 5.32 Å². The van der Waals surface area contributed by atoms with Crippen LogP contribution in [0, 0.1) is 5.82 Å². The molecule has 2 atom stereocenters. The maximum atomic E-state index is 13.5. The zero-order valence-electron chi connectivity index (χ0n) is 19.7. The van der Waals surface area contributed by atoms with Crippen molar-refractivity contribution in [3.8, 4) is 5.69 Å². The second kappa shape index (κ2) is 10.4. The van der Waals surface area contributed by atoms with Gasteiger partial charge in [-0.25, -0.2) is 4.39 Å². The summed E-state index contributed by atoms with van der Waals surface area (Å²) < 4.78 is 15.4. The van der Waals surface area contributed by atoms with Crippen molar-refractivity contribution in [2.45, 2.75) is 31.1 Å². The van der Waals surface area contributed by atoms with Crippen LogP contribution in [0.2, 0.25) is 0 Å². The molecule has 0 aliphatic rings. The van der Waals surface area contributed by atoms with Crippen LogP contribution >= 0.6 is 11.8 Å². The molecule has 0 saturated carbocycles. The van der Waals surface area contributed by atoms with E-state index in [0.29, 0.717) is 5.16 Å². The molecule has 0 aliphatic carbocycles. The highest BCUT2D eigenvalue weighted by molar-refractivity contribution is 7.99. The monoisotopic (exact) mass is 477 g/mol. The van der Waals surface area contributed by atoms with Crippen LogP contribution in [0.1, 0.15) is 37.3 Å². The van der Waals surface area contributed by atoms with Crippen molar-refractivity contribution in [3.63, 3.8) is 0 Å². The van der Waals surface area contributed by atoms with Gasteiger partial charge in [0.05, 0.1) is 17.8 Å². The van der Waals surface area contributed by atoms with Gasteiger partial charge in [0.1, 0.15) is 5.82 Å². The molecule has 4 rings (SSSR count). The summed E-state index contributed by atoms with van der Waals surface area (Å²) in [6, 6.07) is 20.3. The Morgan fingerprint density at radius 1 is 1.03 bits per heavy atom. The van der Waals surface area contributed by atoms with E-state index in [-0.39, 0.29) is 29.6 Å². The van der Waals surface area contributed by atoms with E-state index in [9.17, 15) is 9.18 Å². The Hall–Kier alpha value is -3.23. The van der Waals surface area contributed by atoms with Crippen LogP contribution in [0.25, 0.3) is 16.5 Å². The quantitative estimate of drug-likeness (QED) is 0.356. The summed E-state index contributed by atoms with van der Waals surface area (Å²) in [7, 11) is 3.92. The molecule has 176 valence electrons. The zero-order chi connectivity index (χ0) is 24.2. The molecule has 0 radical (unpaired) electrons. The summed E-state index contributed by atoms with van der Waals surface area (Å²) in [5, 5.41) is 14.7. The maximum absolute atomic E-state index is 13.5. The van der Waals surface area contributed by atoms with E-state index in [0.717, 1.165) is 27.8 Å². The molecule has 34 heavy (non-hydrogen) atoms. The van der Waals surface area contributed by atoms with Crippen molar-refractivity contribution in [2.24, 2.45) is 0 Å². The van der Waals surface area contributed by atoms with E-state index < -0.39 is 0 Å². The van der Waals surface area contributed by atoms with E-state index in [1.807, 2.05) is 61.7 Å². The van der Waals surface area contributed by atoms with Gasteiger partial charge in [-0.15, -0.1) is 10.2 Å². The summed E-state index contributed by atoms with van der Waals surface area (Å²) in [5.41, 5.74) is 1.83. The minimum atomic E-state index is -0.310. The van der Waals surface area contributed by atoms with Gasteiger partial charge in [-0.1, -0.05) is 54.2 Å². The van der Waals surface area contributed by atoms with E-state index >= 15 is 0 Å². The molecule has 0 saturated heterocycles.